The molecule has 1 heterocycles. The summed E-state index contributed by atoms with van der Waals surface area (Å²) in [7, 11) is 0. The first-order chi connectivity index (χ1) is 23.2. The molecule has 5 saturated carbocycles. The van der Waals surface area contributed by atoms with E-state index in [-0.39, 0.29) is 45.5 Å². The Labute approximate surface area is 300 Å². The first kappa shape index (κ1) is 37.1. The zero-order chi connectivity index (χ0) is 36.7. The highest BCUT2D eigenvalue weighted by Crippen LogP contribution is 2.78. The Bertz CT molecular complexity index is 1530. The number of hydrogen-bond donors (Lipinski definition) is 2. The summed E-state index contributed by atoms with van der Waals surface area (Å²) in [6.45, 7) is 24.6. The number of aryl methyl sites for hydroxylation is 1. The molecule has 0 radical (unpaired) electrons. The van der Waals surface area contributed by atoms with Gasteiger partial charge >= 0.3 is 11.9 Å². The summed E-state index contributed by atoms with van der Waals surface area (Å²) in [4.78, 5) is 38.4. The summed E-state index contributed by atoms with van der Waals surface area (Å²) in [5, 5.41) is 16.7. The maximum atomic E-state index is 13.6. The van der Waals surface area contributed by atoms with Crippen LogP contribution in [-0.4, -0.2) is 34.2 Å². The molecule has 0 aromatic carbocycles. The van der Waals surface area contributed by atoms with Crippen LogP contribution in [0.3, 0.4) is 0 Å². The predicted molar refractivity (Wildman–Crippen MR) is 193 cm³/mol. The van der Waals surface area contributed by atoms with Gasteiger partial charge in [0, 0.05) is 17.9 Å². The van der Waals surface area contributed by atoms with Crippen molar-refractivity contribution in [1.82, 2.24) is 10.5 Å². The third kappa shape index (κ3) is 5.77. The van der Waals surface area contributed by atoms with Gasteiger partial charge in [-0.3, -0.25) is 14.4 Å². The van der Waals surface area contributed by atoms with Gasteiger partial charge in [-0.05, 0) is 143 Å². The SMILES string of the molecule is C=C(C)[C@@H]1CC[C@]2(CC(=O)NCc3cc(C)no3)CC[C@]3(C)[C@H](CC[C@@H]4[C@@]5(C)CC[C@H](OC(=O)CC(C)(C)C(=O)O)C(C)(C)[C@@H]5CC[C@]43C)[C@@H]12. The van der Waals surface area contributed by atoms with E-state index in [9.17, 15) is 19.5 Å². The molecular weight excluding hydrogens is 628 g/mol. The smallest absolute Gasteiger partial charge is 0.309 e. The zero-order valence-electron chi connectivity index (χ0n) is 32.4. The second kappa shape index (κ2) is 12.5. The first-order valence-electron chi connectivity index (χ1n) is 19.5. The molecule has 0 aliphatic heterocycles. The lowest BCUT2D eigenvalue weighted by atomic mass is 9.32. The molecule has 8 heteroatoms. The van der Waals surface area contributed by atoms with Gasteiger partial charge in [-0.1, -0.05) is 51.9 Å². The van der Waals surface area contributed by atoms with E-state index in [0.29, 0.717) is 48.3 Å². The van der Waals surface area contributed by atoms with Gasteiger partial charge in [0.25, 0.3) is 0 Å². The molecule has 10 atom stereocenters. The number of aliphatic carboxylic acids is 1. The number of hydrogen-bond acceptors (Lipinski definition) is 6. The highest BCUT2D eigenvalue weighted by Gasteiger charge is 2.71. The maximum absolute atomic E-state index is 13.6. The highest BCUT2D eigenvalue weighted by molar-refractivity contribution is 5.81. The van der Waals surface area contributed by atoms with E-state index in [1.54, 1.807) is 13.8 Å². The van der Waals surface area contributed by atoms with Crippen LogP contribution in [-0.2, 0) is 25.7 Å². The predicted octanol–water partition coefficient (Wildman–Crippen LogP) is 9.06. The van der Waals surface area contributed by atoms with E-state index in [1.165, 1.54) is 18.4 Å². The van der Waals surface area contributed by atoms with Crippen molar-refractivity contribution in [2.45, 2.75) is 152 Å². The van der Waals surface area contributed by atoms with E-state index in [0.717, 1.165) is 57.1 Å². The maximum Gasteiger partial charge on any atom is 0.309 e. The molecule has 50 heavy (non-hydrogen) atoms. The van der Waals surface area contributed by atoms with Crippen molar-refractivity contribution in [1.29, 1.82) is 0 Å². The number of fused-ring (bicyclic) bond motifs is 7. The summed E-state index contributed by atoms with van der Waals surface area (Å²) in [5.74, 6) is 1.89. The second-order valence-corrected chi connectivity index (χ2v) is 19.6. The Kier molecular flexibility index (Phi) is 9.28. The quantitative estimate of drug-likeness (QED) is 0.196. The molecule has 1 aromatic rings. The normalized spacial score (nSPS) is 40.4. The van der Waals surface area contributed by atoms with Crippen molar-refractivity contribution in [3.8, 4) is 0 Å². The summed E-state index contributed by atoms with van der Waals surface area (Å²) in [5.41, 5.74) is 1.22. The molecule has 8 nitrogen and oxygen atoms in total. The third-order valence-electron chi connectivity index (χ3n) is 16.3. The van der Waals surface area contributed by atoms with Crippen LogP contribution in [0.25, 0.3) is 0 Å². The van der Waals surface area contributed by atoms with E-state index < -0.39 is 17.4 Å². The molecule has 0 spiro atoms. The van der Waals surface area contributed by atoms with Crippen molar-refractivity contribution >= 4 is 17.8 Å². The Morgan fingerprint density at radius 1 is 0.980 bits per heavy atom. The minimum Gasteiger partial charge on any atom is -0.481 e. The third-order valence-corrected chi connectivity index (χ3v) is 16.3. The van der Waals surface area contributed by atoms with Crippen molar-refractivity contribution in [3.05, 3.63) is 29.7 Å². The number of esters is 1. The molecule has 5 fully saturated rings. The average molecular weight is 693 g/mol. The van der Waals surface area contributed by atoms with E-state index >= 15 is 0 Å². The number of nitrogens with one attached hydrogen (secondary N) is 1. The van der Waals surface area contributed by atoms with Crippen LogP contribution < -0.4 is 5.32 Å². The number of carboxylic acids is 1. The zero-order valence-corrected chi connectivity index (χ0v) is 32.4. The molecule has 1 aromatic heterocycles. The second-order valence-electron chi connectivity index (χ2n) is 19.6. The van der Waals surface area contributed by atoms with Crippen LogP contribution in [0.2, 0.25) is 0 Å². The van der Waals surface area contributed by atoms with Crippen LogP contribution >= 0.6 is 0 Å². The molecule has 0 saturated heterocycles. The van der Waals surface area contributed by atoms with Crippen LogP contribution in [0, 0.1) is 69.0 Å². The molecule has 0 unspecified atom stereocenters. The number of carboxylic acid groups (broad SMARTS) is 1. The molecule has 0 bridgehead atoms. The lowest BCUT2D eigenvalue weighted by Gasteiger charge is -2.73. The monoisotopic (exact) mass is 692 g/mol. The fraction of sp³-hybridized carbons (Fsp3) is 0.810. The summed E-state index contributed by atoms with van der Waals surface area (Å²) in [6, 6.07) is 1.89. The number of rotatable bonds is 9. The summed E-state index contributed by atoms with van der Waals surface area (Å²) >= 11 is 0. The number of amides is 1. The van der Waals surface area contributed by atoms with Gasteiger partial charge in [0.05, 0.1) is 24.1 Å². The number of nitrogens with zero attached hydrogens (tertiary/aromatic N) is 1. The standard InChI is InChI=1S/C42H64N2O6/c1-25(2)28-13-18-42(22-33(45)43-24-27-21-26(3)44-50-27)20-19-40(9)29(35(28)42)11-12-31-39(8)16-15-32(49-34(46)23-37(4,5)36(47)48)38(6,7)30(39)14-17-41(31,40)10/h21,28-32,35H,1,11-20,22-24H2,2-10H3,(H,43,45)(H,47,48)/t28-,29+,30-,31+,32-,35+,39-,40+,41+,42+/m0/s1. The average Bonchev–Trinajstić information content (AvgIpc) is 3.61. The number of ether oxygens (including phenoxy) is 1. The van der Waals surface area contributed by atoms with Gasteiger partial charge < -0.3 is 19.7 Å². The topological polar surface area (TPSA) is 119 Å². The molecule has 1 amide bonds. The van der Waals surface area contributed by atoms with Crippen LogP contribution in [0.5, 0.6) is 0 Å². The Morgan fingerprint density at radius 2 is 1.70 bits per heavy atom. The van der Waals surface area contributed by atoms with Gasteiger partial charge in [0.15, 0.2) is 5.76 Å². The summed E-state index contributed by atoms with van der Waals surface area (Å²) < 4.78 is 11.5. The van der Waals surface area contributed by atoms with Gasteiger partial charge in [-0.2, -0.15) is 0 Å². The number of aromatic nitrogens is 1. The fourth-order valence-electron chi connectivity index (χ4n) is 13.5. The summed E-state index contributed by atoms with van der Waals surface area (Å²) in [6.07, 6.45) is 11.2. The van der Waals surface area contributed by atoms with Crippen LogP contribution in [0.15, 0.2) is 22.7 Å². The van der Waals surface area contributed by atoms with Gasteiger partial charge in [0.1, 0.15) is 6.10 Å². The fourth-order valence-corrected chi connectivity index (χ4v) is 13.5. The Hall–Kier alpha value is -2.64. The van der Waals surface area contributed by atoms with E-state index in [4.69, 9.17) is 9.26 Å². The molecule has 5 aliphatic rings. The van der Waals surface area contributed by atoms with E-state index in [2.05, 4.69) is 58.6 Å². The van der Waals surface area contributed by atoms with Gasteiger partial charge in [-0.25, -0.2) is 0 Å². The van der Waals surface area contributed by atoms with Gasteiger partial charge in [-0.15, -0.1) is 0 Å². The van der Waals surface area contributed by atoms with Crippen molar-refractivity contribution in [2.24, 2.45) is 62.1 Å². The van der Waals surface area contributed by atoms with Crippen molar-refractivity contribution < 1.29 is 28.8 Å². The lowest BCUT2D eigenvalue weighted by molar-refractivity contribution is -0.250. The molecule has 278 valence electrons. The molecular formula is C42H64N2O6. The minimum atomic E-state index is -1.15. The van der Waals surface area contributed by atoms with Crippen molar-refractivity contribution in [2.75, 3.05) is 0 Å². The highest BCUT2D eigenvalue weighted by atomic mass is 16.5. The number of carbonyl (C=O) groups excluding carboxylic acids is 2. The molecule has 2 N–H and O–H groups in total. The molecule has 6 rings (SSSR count). The van der Waals surface area contributed by atoms with E-state index in [1.807, 2.05) is 13.0 Å². The van der Waals surface area contributed by atoms with Gasteiger partial charge in [0.2, 0.25) is 5.91 Å². The first-order valence-corrected chi connectivity index (χ1v) is 19.5. The van der Waals surface area contributed by atoms with Crippen LogP contribution in [0.1, 0.15) is 144 Å². The number of allylic oxidation sites excluding steroid dienone is 1. The number of carbonyl (C=O) groups is 3. The Morgan fingerprint density at radius 3 is 2.34 bits per heavy atom. The molecule has 5 aliphatic carbocycles. The lowest BCUT2D eigenvalue weighted by Crippen LogP contribution is -2.67. The van der Waals surface area contributed by atoms with Crippen LogP contribution in [0.4, 0.5) is 0 Å². The largest absolute Gasteiger partial charge is 0.481 e. The minimum absolute atomic E-state index is 0.00135. The Balaban J connectivity index is 1.23. The van der Waals surface area contributed by atoms with Crippen molar-refractivity contribution in [3.63, 3.8) is 0 Å².